The molecule has 1 amide bonds. The summed E-state index contributed by atoms with van der Waals surface area (Å²) in [6.45, 7) is 0. The molecule has 2 aromatic heterocycles. The van der Waals surface area contributed by atoms with E-state index >= 15 is 0 Å². The minimum Gasteiger partial charge on any atom is -0.327 e. The number of aromatic nitrogens is 1. The zero-order valence-corrected chi connectivity index (χ0v) is 12.8. The summed E-state index contributed by atoms with van der Waals surface area (Å²) >= 11 is 1.64. The van der Waals surface area contributed by atoms with Crippen molar-refractivity contribution >= 4 is 33.7 Å². The van der Waals surface area contributed by atoms with Crippen molar-refractivity contribution in [2.75, 3.05) is 5.32 Å². The van der Waals surface area contributed by atoms with E-state index in [4.69, 9.17) is 5.73 Å². The Morgan fingerprint density at radius 2 is 2.18 bits per heavy atom. The molecule has 0 unspecified atom stereocenters. The average molecular weight is 311 g/mol. The number of nitrogens with zero attached hydrogens (tertiary/aromatic N) is 1. The Hall–Kier alpha value is -2.24. The molecule has 3 aromatic rings. The van der Waals surface area contributed by atoms with Crippen LogP contribution in [0.5, 0.6) is 0 Å². The van der Waals surface area contributed by atoms with Crippen LogP contribution in [0.1, 0.15) is 12.0 Å². The number of pyridine rings is 1. The summed E-state index contributed by atoms with van der Waals surface area (Å²) in [4.78, 5) is 16.2. The summed E-state index contributed by atoms with van der Waals surface area (Å²) in [6.07, 6.45) is 4.58. The van der Waals surface area contributed by atoms with Crippen LogP contribution in [0.2, 0.25) is 0 Å². The summed E-state index contributed by atoms with van der Waals surface area (Å²) in [5, 5.41) is 9.09. The smallest absolute Gasteiger partial charge is 0.225 e. The Morgan fingerprint density at radius 3 is 3.00 bits per heavy atom. The van der Waals surface area contributed by atoms with E-state index in [2.05, 4.69) is 15.7 Å². The minimum atomic E-state index is -0.167. The molecule has 22 heavy (non-hydrogen) atoms. The molecule has 112 valence electrons. The zero-order valence-electron chi connectivity index (χ0n) is 12.0. The number of carbonyl (C=O) groups excluding carboxylic acids is 1. The molecule has 5 heteroatoms. The largest absolute Gasteiger partial charge is 0.327 e. The number of fused-ring (bicyclic) bond motifs is 1. The van der Waals surface area contributed by atoms with Gasteiger partial charge in [-0.2, -0.15) is 11.3 Å². The highest BCUT2D eigenvalue weighted by Crippen LogP contribution is 2.18. The number of benzene rings is 1. The van der Waals surface area contributed by atoms with Crippen LogP contribution < -0.4 is 11.1 Å². The quantitative estimate of drug-likeness (QED) is 0.760. The van der Waals surface area contributed by atoms with E-state index in [1.807, 2.05) is 35.7 Å². The lowest BCUT2D eigenvalue weighted by Gasteiger charge is -2.11. The summed E-state index contributed by atoms with van der Waals surface area (Å²) in [7, 11) is 0. The maximum absolute atomic E-state index is 12.1. The predicted octanol–water partition coefficient (Wildman–Crippen LogP) is 3.19. The van der Waals surface area contributed by atoms with Crippen LogP contribution in [0.25, 0.3) is 10.8 Å². The van der Waals surface area contributed by atoms with Crippen LogP contribution in [0.15, 0.2) is 53.5 Å². The van der Waals surface area contributed by atoms with Gasteiger partial charge in [-0.1, -0.05) is 6.07 Å². The number of rotatable bonds is 5. The van der Waals surface area contributed by atoms with E-state index in [9.17, 15) is 4.79 Å². The SMILES string of the molecule is N[C@@H](CC(=O)Nc1ccc2cnccc2c1)Cc1ccsc1. The number of carbonyl (C=O) groups is 1. The highest BCUT2D eigenvalue weighted by Gasteiger charge is 2.11. The average Bonchev–Trinajstić information content (AvgIpc) is 2.99. The first-order valence-corrected chi connectivity index (χ1v) is 8.05. The van der Waals surface area contributed by atoms with Crippen molar-refractivity contribution in [1.29, 1.82) is 0 Å². The first-order valence-electron chi connectivity index (χ1n) is 7.11. The maximum Gasteiger partial charge on any atom is 0.225 e. The first kappa shape index (κ1) is 14.7. The summed E-state index contributed by atoms with van der Waals surface area (Å²) in [5.74, 6) is -0.0591. The fourth-order valence-electron chi connectivity index (χ4n) is 2.39. The molecule has 0 fully saturated rings. The third-order valence-electron chi connectivity index (χ3n) is 3.45. The molecule has 4 nitrogen and oxygen atoms in total. The van der Waals surface area contributed by atoms with Crippen LogP contribution >= 0.6 is 11.3 Å². The highest BCUT2D eigenvalue weighted by atomic mass is 32.1. The van der Waals surface area contributed by atoms with Gasteiger partial charge in [-0.15, -0.1) is 0 Å². The van der Waals surface area contributed by atoms with Crippen molar-refractivity contribution in [2.45, 2.75) is 18.9 Å². The Kier molecular flexibility index (Phi) is 4.46. The van der Waals surface area contributed by atoms with Crippen LogP contribution in [0.3, 0.4) is 0 Å². The second-order valence-corrected chi connectivity index (χ2v) is 6.07. The van der Waals surface area contributed by atoms with Gasteiger partial charge in [0.15, 0.2) is 0 Å². The van der Waals surface area contributed by atoms with E-state index < -0.39 is 0 Å². The topological polar surface area (TPSA) is 68.0 Å². The van der Waals surface area contributed by atoms with Crippen molar-refractivity contribution in [3.63, 3.8) is 0 Å². The molecule has 0 saturated heterocycles. The van der Waals surface area contributed by atoms with Crippen LogP contribution in [-0.2, 0) is 11.2 Å². The number of hydrogen-bond acceptors (Lipinski definition) is 4. The van der Waals surface area contributed by atoms with Gasteiger partial charge in [0.25, 0.3) is 0 Å². The van der Waals surface area contributed by atoms with Crippen molar-refractivity contribution < 1.29 is 4.79 Å². The normalized spacial score (nSPS) is 12.2. The monoisotopic (exact) mass is 311 g/mol. The van der Waals surface area contributed by atoms with Gasteiger partial charge in [-0.05, 0) is 52.4 Å². The lowest BCUT2D eigenvalue weighted by molar-refractivity contribution is -0.116. The molecule has 0 aliphatic heterocycles. The van der Waals surface area contributed by atoms with Crippen LogP contribution in [0.4, 0.5) is 5.69 Å². The molecule has 2 heterocycles. The number of nitrogens with one attached hydrogen (secondary N) is 1. The number of nitrogens with two attached hydrogens (primary N) is 1. The number of hydrogen-bond donors (Lipinski definition) is 2. The molecule has 0 bridgehead atoms. The fraction of sp³-hybridized carbons (Fsp3) is 0.176. The van der Waals surface area contributed by atoms with Crippen LogP contribution in [0, 0.1) is 0 Å². The van der Waals surface area contributed by atoms with Crippen LogP contribution in [-0.4, -0.2) is 16.9 Å². The summed E-state index contributed by atoms with van der Waals surface area (Å²) in [6, 6.07) is 9.57. The molecule has 1 aromatic carbocycles. The molecular weight excluding hydrogens is 294 g/mol. The Labute approximate surface area is 133 Å². The maximum atomic E-state index is 12.1. The third-order valence-corrected chi connectivity index (χ3v) is 4.18. The standard InChI is InChI=1S/C17H17N3OS/c18-15(7-12-4-6-22-11-12)9-17(21)20-16-2-1-14-10-19-5-3-13(14)8-16/h1-6,8,10-11,15H,7,9,18H2,(H,20,21)/t15-/m1/s1. The Morgan fingerprint density at radius 1 is 1.27 bits per heavy atom. The second kappa shape index (κ2) is 6.68. The molecule has 0 radical (unpaired) electrons. The van der Waals surface area contributed by atoms with Gasteiger partial charge in [0, 0.05) is 35.9 Å². The summed E-state index contributed by atoms with van der Waals surface area (Å²) in [5.41, 5.74) is 8.01. The molecule has 3 rings (SSSR count). The molecule has 0 spiro atoms. The van der Waals surface area contributed by atoms with E-state index in [1.54, 1.807) is 23.7 Å². The lowest BCUT2D eigenvalue weighted by Crippen LogP contribution is -2.28. The predicted molar refractivity (Wildman–Crippen MR) is 91.0 cm³/mol. The first-order chi connectivity index (χ1) is 10.7. The fourth-order valence-corrected chi connectivity index (χ4v) is 3.08. The Balaban J connectivity index is 1.60. The molecule has 3 N–H and O–H groups in total. The highest BCUT2D eigenvalue weighted by molar-refractivity contribution is 7.07. The van der Waals surface area contributed by atoms with Gasteiger partial charge < -0.3 is 11.1 Å². The van der Waals surface area contributed by atoms with Gasteiger partial charge in [-0.25, -0.2) is 0 Å². The van der Waals surface area contributed by atoms with Crippen molar-refractivity contribution in [2.24, 2.45) is 5.73 Å². The van der Waals surface area contributed by atoms with Crippen molar-refractivity contribution in [1.82, 2.24) is 4.98 Å². The number of thiophene rings is 1. The van der Waals surface area contributed by atoms with E-state index in [-0.39, 0.29) is 11.9 Å². The number of amides is 1. The van der Waals surface area contributed by atoms with Crippen molar-refractivity contribution in [3.05, 3.63) is 59.0 Å². The van der Waals surface area contributed by atoms with Gasteiger partial charge >= 0.3 is 0 Å². The van der Waals surface area contributed by atoms with E-state index in [0.29, 0.717) is 6.42 Å². The molecule has 0 saturated carbocycles. The third kappa shape index (κ3) is 3.69. The summed E-state index contributed by atoms with van der Waals surface area (Å²) < 4.78 is 0. The second-order valence-electron chi connectivity index (χ2n) is 5.29. The molecule has 0 aliphatic rings. The zero-order chi connectivity index (χ0) is 15.4. The van der Waals surface area contributed by atoms with Gasteiger partial charge in [0.1, 0.15) is 0 Å². The minimum absolute atomic E-state index is 0.0591. The lowest BCUT2D eigenvalue weighted by atomic mass is 10.1. The van der Waals surface area contributed by atoms with Gasteiger partial charge in [0.2, 0.25) is 5.91 Å². The molecule has 0 aliphatic carbocycles. The van der Waals surface area contributed by atoms with Gasteiger partial charge in [-0.3, -0.25) is 9.78 Å². The Bertz CT molecular complexity index is 770. The van der Waals surface area contributed by atoms with Crippen molar-refractivity contribution in [3.8, 4) is 0 Å². The number of anilines is 1. The molecular formula is C17H17N3OS. The van der Waals surface area contributed by atoms with E-state index in [1.165, 1.54) is 5.56 Å². The van der Waals surface area contributed by atoms with E-state index in [0.717, 1.165) is 22.9 Å². The molecule has 1 atom stereocenters. The van der Waals surface area contributed by atoms with Gasteiger partial charge in [0.05, 0.1) is 0 Å².